The number of nitrogens with one attached hydrogen (secondary N) is 1. The number of aliphatic hydroxyl groups is 4. The summed E-state index contributed by atoms with van der Waals surface area (Å²) in [6, 6.07) is -1.01. The lowest BCUT2D eigenvalue weighted by atomic mass is 10.00. The maximum Gasteiger partial charge on any atom is 0.249 e. The number of aliphatic hydroxyl groups excluding tert-OH is 4. The van der Waals surface area contributed by atoms with Crippen LogP contribution >= 0.6 is 0 Å². The molecule has 0 bridgehead atoms. The molecule has 0 aromatic carbocycles. The Morgan fingerprint density at radius 2 is 0.840 bits per heavy atom. The van der Waals surface area contributed by atoms with Crippen molar-refractivity contribution in [3.63, 3.8) is 0 Å². The zero-order valence-corrected chi connectivity index (χ0v) is 32.9. The fourth-order valence-electron chi connectivity index (χ4n) is 6.35. The first-order valence-corrected chi connectivity index (χ1v) is 21.4. The summed E-state index contributed by atoms with van der Waals surface area (Å²) in [6.45, 7) is 4.01. The van der Waals surface area contributed by atoms with Gasteiger partial charge in [-0.2, -0.15) is 0 Å². The van der Waals surface area contributed by atoms with E-state index in [0.717, 1.165) is 51.4 Å². The van der Waals surface area contributed by atoms with E-state index in [1.807, 2.05) is 0 Å². The van der Waals surface area contributed by atoms with Gasteiger partial charge < -0.3 is 25.7 Å². The van der Waals surface area contributed by atoms with Gasteiger partial charge in [-0.15, -0.1) is 0 Å². The largest absolute Gasteiger partial charge is 0.394 e. The number of carbonyl (C=O) groups is 1. The highest BCUT2D eigenvalue weighted by Crippen LogP contribution is 2.14. The van der Waals surface area contributed by atoms with Crippen LogP contribution in [0.4, 0.5) is 0 Å². The van der Waals surface area contributed by atoms with Gasteiger partial charge in [-0.05, 0) is 77.0 Å². The number of unbranched alkanes of at least 4 members (excludes halogenated alkanes) is 23. The van der Waals surface area contributed by atoms with E-state index in [4.69, 9.17) is 0 Å². The number of hydrogen-bond donors (Lipinski definition) is 5. The van der Waals surface area contributed by atoms with Crippen molar-refractivity contribution in [3.8, 4) is 0 Å². The molecule has 0 spiro atoms. The lowest BCUT2D eigenvalue weighted by Crippen LogP contribution is -2.53. The number of amides is 1. The van der Waals surface area contributed by atoms with Crippen LogP contribution in [0.2, 0.25) is 0 Å². The Bertz CT molecular complexity index is 797. The van der Waals surface area contributed by atoms with Crippen molar-refractivity contribution in [1.29, 1.82) is 0 Å². The van der Waals surface area contributed by atoms with E-state index in [-0.39, 0.29) is 0 Å². The Labute approximate surface area is 309 Å². The van der Waals surface area contributed by atoms with Crippen LogP contribution in [0.25, 0.3) is 0 Å². The van der Waals surface area contributed by atoms with E-state index in [9.17, 15) is 25.2 Å². The molecule has 0 aliphatic heterocycles. The minimum absolute atomic E-state index is 0.352. The molecular weight excluding hydrogens is 622 g/mol. The van der Waals surface area contributed by atoms with Gasteiger partial charge in [-0.25, -0.2) is 0 Å². The van der Waals surface area contributed by atoms with E-state index in [0.29, 0.717) is 19.3 Å². The molecule has 4 atom stereocenters. The average Bonchev–Trinajstić information content (AvgIpc) is 3.12. The third-order valence-corrected chi connectivity index (χ3v) is 9.80. The van der Waals surface area contributed by atoms with Crippen LogP contribution in [0.3, 0.4) is 0 Å². The second-order valence-electron chi connectivity index (χ2n) is 14.7. The predicted octanol–water partition coefficient (Wildman–Crippen LogP) is 11.0. The maximum absolute atomic E-state index is 12.5. The summed E-state index contributed by atoms with van der Waals surface area (Å²) in [5, 5.41) is 43.6. The highest BCUT2D eigenvalue weighted by Gasteiger charge is 2.28. The fraction of sp³-hybridized carbons (Fsp3) is 0.841. The summed E-state index contributed by atoms with van der Waals surface area (Å²) in [4.78, 5) is 12.5. The second-order valence-corrected chi connectivity index (χ2v) is 14.7. The van der Waals surface area contributed by atoms with Gasteiger partial charge in [-0.1, -0.05) is 166 Å². The third-order valence-electron chi connectivity index (χ3n) is 9.80. The summed E-state index contributed by atoms with van der Waals surface area (Å²) in [6.07, 6.45) is 44.6. The van der Waals surface area contributed by atoms with Crippen molar-refractivity contribution in [2.75, 3.05) is 6.61 Å². The molecule has 0 aromatic rings. The summed E-state index contributed by atoms with van der Waals surface area (Å²) in [5.74, 6) is -0.604. The lowest BCUT2D eigenvalue weighted by molar-refractivity contribution is -0.132. The molecular formula is C44H83NO5. The van der Waals surface area contributed by atoms with Crippen LogP contribution in [-0.2, 0) is 4.79 Å². The van der Waals surface area contributed by atoms with Crippen molar-refractivity contribution < 1.29 is 25.2 Å². The highest BCUT2D eigenvalue weighted by molar-refractivity contribution is 5.80. The summed E-state index contributed by atoms with van der Waals surface area (Å²) in [7, 11) is 0. The average molecular weight is 706 g/mol. The molecule has 294 valence electrons. The number of rotatable bonds is 38. The zero-order chi connectivity index (χ0) is 36.8. The van der Waals surface area contributed by atoms with Gasteiger partial charge in [0, 0.05) is 0 Å². The van der Waals surface area contributed by atoms with E-state index in [1.165, 1.54) is 122 Å². The van der Waals surface area contributed by atoms with Crippen molar-refractivity contribution in [2.45, 2.75) is 231 Å². The van der Waals surface area contributed by atoms with Crippen molar-refractivity contribution >= 4 is 5.91 Å². The smallest absolute Gasteiger partial charge is 0.249 e. The van der Waals surface area contributed by atoms with Crippen molar-refractivity contribution in [2.24, 2.45) is 0 Å². The summed E-state index contributed by atoms with van der Waals surface area (Å²) in [5.41, 5.74) is 0. The molecule has 1 amide bonds. The Balaban J connectivity index is 3.83. The Kier molecular flexibility index (Phi) is 37.6. The predicted molar refractivity (Wildman–Crippen MR) is 214 cm³/mol. The minimum Gasteiger partial charge on any atom is -0.394 e. The SMILES string of the molecule is CCCCCC/C=C\CCCCCCCCC(O)C(=O)NC(CO)C(O)C(O)CCC/C=C/CC/C=C/CCCCCCCCCCCCC. The van der Waals surface area contributed by atoms with Gasteiger partial charge in [0.2, 0.25) is 5.91 Å². The monoisotopic (exact) mass is 706 g/mol. The lowest BCUT2D eigenvalue weighted by Gasteiger charge is -2.27. The number of allylic oxidation sites excluding steroid dienone is 6. The van der Waals surface area contributed by atoms with E-state index >= 15 is 0 Å². The molecule has 0 radical (unpaired) electrons. The van der Waals surface area contributed by atoms with Crippen molar-refractivity contribution in [3.05, 3.63) is 36.5 Å². The number of carbonyl (C=O) groups excluding carboxylic acids is 1. The van der Waals surface area contributed by atoms with E-state index in [2.05, 4.69) is 55.6 Å². The van der Waals surface area contributed by atoms with Gasteiger partial charge >= 0.3 is 0 Å². The van der Waals surface area contributed by atoms with Gasteiger partial charge in [0.15, 0.2) is 0 Å². The first-order chi connectivity index (χ1) is 24.5. The van der Waals surface area contributed by atoms with E-state index in [1.54, 1.807) is 0 Å². The van der Waals surface area contributed by atoms with Crippen LogP contribution in [0, 0.1) is 0 Å². The molecule has 0 saturated heterocycles. The molecule has 6 nitrogen and oxygen atoms in total. The summed E-state index contributed by atoms with van der Waals surface area (Å²) >= 11 is 0. The van der Waals surface area contributed by atoms with Crippen LogP contribution in [0.15, 0.2) is 36.5 Å². The van der Waals surface area contributed by atoms with Gasteiger partial charge in [-0.3, -0.25) is 4.79 Å². The molecule has 0 aliphatic rings. The molecule has 0 fully saturated rings. The topological polar surface area (TPSA) is 110 Å². The Morgan fingerprint density at radius 3 is 1.28 bits per heavy atom. The van der Waals surface area contributed by atoms with Crippen LogP contribution in [-0.4, -0.2) is 57.3 Å². The molecule has 0 aromatic heterocycles. The zero-order valence-electron chi connectivity index (χ0n) is 32.9. The van der Waals surface area contributed by atoms with Crippen LogP contribution in [0.5, 0.6) is 0 Å². The van der Waals surface area contributed by atoms with Gasteiger partial charge in [0.25, 0.3) is 0 Å². The van der Waals surface area contributed by atoms with Gasteiger partial charge in [0.05, 0.1) is 18.8 Å². The van der Waals surface area contributed by atoms with E-state index < -0.39 is 36.9 Å². The molecule has 4 unspecified atom stereocenters. The molecule has 0 aliphatic carbocycles. The van der Waals surface area contributed by atoms with Gasteiger partial charge in [0.1, 0.15) is 12.2 Å². The standard InChI is InChI=1S/C44H83NO5/c1-3-5-7-9-11-13-15-17-19-20-21-22-23-24-26-27-29-31-33-35-37-41(47)43(49)40(39-46)45-44(50)42(48)38-36-34-32-30-28-25-18-16-14-12-10-8-6-4-2/h14,16,23-24,29,31,40-43,46-49H,3-13,15,17-22,25-28,30,32-39H2,1-2H3,(H,45,50)/b16-14-,24-23+,31-29+. The highest BCUT2D eigenvalue weighted by atomic mass is 16.3. The molecule has 5 N–H and O–H groups in total. The van der Waals surface area contributed by atoms with Crippen LogP contribution in [0.1, 0.15) is 206 Å². The first kappa shape index (κ1) is 48.5. The third kappa shape index (κ3) is 32.4. The minimum atomic E-state index is -1.29. The maximum atomic E-state index is 12.5. The second kappa shape index (κ2) is 38.8. The Hall–Kier alpha value is -1.47. The molecule has 0 heterocycles. The molecule has 0 rings (SSSR count). The summed E-state index contributed by atoms with van der Waals surface area (Å²) < 4.78 is 0. The quantitative estimate of drug-likeness (QED) is 0.0324. The van der Waals surface area contributed by atoms with Crippen LogP contribution < -0.4 is 5.32 Å². The Morgan fingerprint density at radius 1 is 0.480 bits per heavy atom. The fourth-order valence-corrected chi connectivity index (χ4v) is 6.35. The van der Waals surface area contributed by atoms with Crippen molar-refractivity contribution in [1.82, 2.24) is 5.32 Å². The number of hydrogen-bond acceptors (Lipinski definition) is 5. The normalized spacial score (nSPS) is 14.6. The molecule has 50 heavy (non-hydrogen) atoms. The first-order valence-electron chi connectivity index (χ1n) is 21.4. The molecule has 0 saturated carbocycles. The molecule has 6 heteroatoms.